The van der Waals surface area contributed by atoms with Crippen molar-refractivity contribution in [2.75, 3.05) is 19.6 Å². The fourth-order valence-electron chi connectivity index (χ4n) is 8.90. The summed E-state index contributed by atoms with van der Waals surface area (Å²) in [5, 5.41) is 13.8. The van der Waals surface area contributed by atoms with Gasteiger partial charge in [-0.05, 0) is 100 Å². The lowest BCUT2D eigenvalue weighted by Crippen LogP contribution is -2.58. The minimum Gasteiger partial charge on any atom is -0.370 e. The number of fused-ring (bicyclic) bond motifs is 1. The number of guanidine groups is 2. The average Bonchev–Trinajstić information content (AvgIpc) is 3.77. The molecule has 0 radical (unpaired) electrons. The van der Waals surface area contributed by atoms with Gasteiger partial charge in [-0.3, -0.25) is 53.1 Å². The second kappa shape index (κ2) is 30.5. The predicted octanol–water partition coefficient (Wildman–Crippen LogP) is -0.309. The molecule has 1 fully saturated rings. The van der Waals surface area contributed by atoms with Crippen molar-refractivity contribution in [3.63, 3.8) is 0 Å². The van der Waals surface area contributed by atoms with Gasteiger partial charge in [0.2, 0.25) is 35.4 Å². The molecular weight excluding hydrogens is 991 g/mol. The fraction of sp³-hybridized carbons (Fsp3) is 0.510. The van der Waals surface area contributed by atoms with E-state index in [9.17, 15) is 51.9 Å². The third-order valence-electron chi connectivity index (χ3n) is 12.9. The van der Waals surface area contributed by atoms with Crippen LogP contribution in [0.25, 0.3) is 10.9 Å². The SMILES string of the molecule is CC(=O)N[C@@H](CCCN=C(N)N)C(=O)N[C@H]1CCC(=O)CCCC[C@@H](C(N)=O)NC(=O)[C@H](Cc2c[nH]c3ccccc23)CC(=O)[C@H](CCCN=C(N)N)CC(=O)[C@@H](Cc2ccc(F)c(F)c2)NC(=O)[C@H](CCN)NC1=O. The van der Waals surface area contributed by atoms with Crippen LogP contribution in [0.5, 0.6) is 0 Å². The molecule has 0 unspecified atom stereocenters. The molecule has 0 bridgehead atoms. The molecule has 1 saturated heterocycles. The summed E-state index contributed by atoms with van der Waals surface area (Å²) in [6.07, 6.45) is 0.403. The number of nitrogens with one attached hydrogen (secondary N) is 6. The molecule has 0 aliphatic carbocycles. The van der Waals surface area contributed by atoms with E-state index in [1.807, 2.05) is 18.2 Å². The number of carbonyl (C=O) groups excluding carboxylic acids is 9. The van der Waals surface area contributed by atoms with E-state index in [4.69, 9.17) is 34.4 Å². The fourth-order valence-corrected chi connectivity index (χ4v) is 8.90. The van der Waals surface area contributed by atoms with Gasteiger partial charge in [0.15, 0.2) is 29.3 Å². The molecule has 4 rings (SSSR count). The summed E-state index contributed by atoms with van der Waals surface area (Å²) >= 11 is 0. The number of halogens is 2. The zero-order valence-corrected chi connectivity index (χ0v) is 42.7. The van der Waals surface area contributed by atoms with E-state index in [1.165, 1.54) is 13.0 Å². The summed E-state index contributed by atoms with van der Waals surface area (Å²) in [7, 11) is 0. The number of H-pyrrole nitrogens is 1. The number of hydrogen-bond acceptors (Lipinski definition) is 12. The van der Waals surface area contributed by atoms with Gasteiger partial charge in [-0.15, -0.1) is 0 Å². The van der Waals surface area contributed by atoms with Crippen LogP contribution in [-0.4, -0.2) is 120 Å². The van der Waals surface area contributed by atoms with Crippen LogP contribution in [0.15, 0.2) is 58.6 Å². The number of rotatable bonds is 18. The highest BCUT2D eigenvalue weighted by Gasteiger charge is 2.35. The maximum absolute atomic E-state index is 14.7. The minimum atomic E-state index is -1.55. The van der Waals surface area contributed by atoms with Crippen LogP contribution >= 0.6 is 0 Å². The zero-order valence-electron chi connectivity index (χ0n) is 42.7. The van der Waals surface area contributed by atoms with Crippen molar-refractivity contribution in [1.82, 2.24) is 31.6 Å². The van der Waals surface area contributed by atoms with Crippen molar-refractivity contribution in [2.24, 2.45) is 56.2 Å². The first-order chi connectivity index (χ1) is 36.1. The van der Waals surface area contributed by atoms with Crippen molar-refractivity contribution in [2.45, 2.75) is 133 Å². The van der Waals surface area contributed by atoms with Crippen molar-refractivity contribution >= 4 is 75.6 Å². The van der Waals surface area contributed by atoms with Crippen LogP contribution in [0.2, 0.25) is 0 Å². The van der Waals surface area contributed by atoms with E-state index in [0.29, 0.717) is 5.56 Å². The molecule has 0 spiro atoms. The van der Waals surface area contributed by atoms with Gasteiger partial charge < -0.3 is 66.0 Å². The number of aromatic amines is 1. The number of para-hydroxylation sites is 1. The number of hydrogen-bond donors (Lipinski definition) is 12. The van der Waals surface area contributed by atoms with Crippen LogP contribution in [0.1, 0.15) is 102 Å². The Morgan fingerprint density at radius 2 is 1.42 bits per heavy atom. The summed E-state index contributed by atoms with van der Waals surface area (Å²) in [6, 6.07) is 3.25. The second-order valence-electron chi connectivity index (χ2n) is 18.9. The third-order valence-corrected chi connectivity index (χ3v) is 12.9. The molecule has 6 amide bonds. The number of amides is 6. The number of aliphatic imine (C=N–C) groups is 2. The van der Waals surface area contributed by atoms with Crippen molar-refractivity contribution in [1.29, 1.82) is 0 Å². The summed E-state index contributed by atoms with van der Waals surface area (Å²) in [5.41, 5.74) is 35.2. The molecule has 0 saturated carbocycles. The Balaban J connectivity index is 1.78. The third kappa shape index (κ3) is 20.1. The molecule has 18 N–H and O–H groups in total. The molecule has 1 aliphatic heterocycles. The number of carbonyl (C=O) groups is 9. The number of aromatic nitrogens is 1. The van der Waals surface area contributed by atoms with Crippen LogP contribution in [0.3, 0.4) is 0 Å². The summed E-state index contributed by atoms with van der Waals surface area (Å²) < 4.78 is 28.8. The Morgan fingerprint density at radius 3 is 2.09 bits per heavy atom. The first-order valence-corrected chi connectivity index (χ1v) is 25.3. The Hall–Kier alpha value is -7.83. The number of Topliss-reactive ketones (excluding diaryl/α,β-unsaturated/α-hetero) is 3. The van der Waals surface area contributed by atoms with Gasteiger partial charge in [0.05, 0.1) is 6.04 Å². The zero-order chi connectivity index (χ0) is 55.9. The average molecular weight is 1060 g/mol. The van der Waals surface area contributed by atoms with Gasteiger partial charge in [-0.2, -0.15) is 0 Å². The van der Waals surface area contributed by atoms with Crippen LogP contribution in [-0.2, 0) is 56.0 Å². The van der Waals surface area contributed by atoms with Crippen LogP contribution in [0.4, 0.5) is 8.78 Å². The largest absolute Gasteiger partial charge is 0.370 e. The Bertz CT molecular complexity index is 2600. The number of ketones is 3. The summed E-state index contributed by atoms with van der Waals surface area (Å²) in [6.45, 7) is 1.15. The van der Waals surface area contributed by atoms with Gasteiger partial charge in [0, 0.05) is 74.6 Å². The molecule has 7 atom stereocenters. The summed E-state index contributed by atoms with van der Waals surface area (Å²) in [4.78, 5) is 136. The van der Waals surface area contributed by atoms with Crippen LogP contribution in [0, 0.1) is 23.5 Å². The van der Waals surface area contributed by atoms with E-state index in [0.717, 1.165) is 23.0 Å². The number of nitrogens with two attached hydrogens (primary N) is 6. The second-order valence-corrected chi connectivity index (χ2v) is 18.9. The van der Waals surface area contributed by atoms with E-state index in [-0.39, 0.29) is 120 Å². The lowest BCUT2D eigenvalue weighted by atomic mass is 9.83. The van der Waals surface area contributed by atoms with Gasteiger partial charge in [0.1, 0.15) is 35.7 Å². The molecule has 3 aromatic rings. The Morgan fingerprint density at radius 1 is 0.737 bits per heavy atom. The highest BCUT2D eigenvalue weighted by molar-refractivity contribution is 5.98. The molecule has 25 heteroatoms. The predicted molar refractivity (Wildman–Crippen MR) is 279 cm³/mol. The lowest BCUT2D eigenvalue weighted by Gasteiger charge is -2.27. The Kier molecular flexibility index (Phi) is 24.4. The van der Waals surface area contributed by atoms with Crippen molar-refractivity contribution in [3.8, 4) is 0 Å². The molecular formula is C51H72F2N14O9. The quantitative estimate of drug-likeness (QED) is 0.0442. The minimum absolute atomic E-state index is 0.00801. The molecule has 23 nitrogen and oxygen atoms in total. The highest BCUT2D eigenvalue weighted by atomic mass is 19.2. The van der Waals surface area contributed by atoms with E-state index in [2.05, 4.69) is 41.6 Å². The van der Waals surface area contributed by atoms with Gasteiger partial charge in [-0.1, -0.05) is 30.7 Å². The first-order valence-electron chi connectivity index (χ1n) is 25.3. The summed E-state index contributed by atoms with van der Waals surface area (Å²) in [5.74, 6) is -11.5. The van der Waals surface area contributed by atoms with E-state index >= 15 is 0 Å². The molecule has 76 heavy (non-hydrogen) atoms. The molecule has 1 aromatic heterocycles. The standard InChI is InChI=1S/C51H72F2N14O9/c1-28(68)63-39(13-7-21-61-51(58)59)47(74)65-40-17-15-33(69)9-2-4-12-38(45(55)72)64-46(73)31(24-32-27-62-37-11-5-3-10-34(32)37)26-43(70)30(8-6-20-60-50(56)57)25-44(71)42(23-29-14-16-35(52)36(53)22-29)67-49(76)41(18-19-54)66-48(40)75/h3,5,10-11,14,16,22,27,30-31,38-42,62H,2,4,6-9,12-13,15,17-21,23-26,54H2,1H3,(H2,55,72)(H,63,68)(H,64,73)(H,65,74)(H,66,75)(H,67,76)(H4,56,57,60)(H4,58,59,61)/t30-,31-,38+,39+,40+,41+,42-/m1/s1. The topological polar surface area (TPSA) is 410 Å². The van der Waals surface area contributed by atoms with Gasteiger partial charge in [-0.25, -0.2) is 8.78 Å². The number of primary amides is 1. The van der Waals surface area contributed by atoms with Crippen molar-refractivity contribution < 1.29 is 51.9 Å². The Labute approximate surface area is 438 Å². The van der Waals surface area contributed by atoms with Crippen LogP contribution < -0.4 is 61.0 Å². The monoisotopic (exact) mass is 1060 g/mol. The maximum Gasteiger partial charge on any atom is 0.243 e. The van der Waals surface area contributed by atoms with Gasteiger partial charge in [0.25, 0.3) is 0 Å². The molecule has 414 valence electrons. The molecule has 1 aliphatic rings. The number of nitrogens with zero attached hydrogens (tertiary/aromatic N) is 2. The highest BCUT2D eigenvalue weighted by Crippen LogP contribution is 2.26. The lowest BCUT2D eigenvalue weighted by molar-refractivity contribution is -0.135. The molecule has 2 heterocycles. The number of benzene rings is 2. The molecule has 2 aromatic carbocycles. The van der Waals surface area contributed by atoms with Gasteiger partial charge >= 0.3 is 0 Å². The normalized spacial score (nSPS) is 21.3. The smallest absolute Gasteiger partial charge is 0.243 e. The maximum atomic E-state index is 14.7. The van der Waals surface area contributed by atoms with E-state index in [1.54, 1.807) is 12.3 Å². The van der Waals surface area contributed by atoms with Crippen molar-refractivity contribution in [3.05, 3.63) is 71.4 Å². The van der Waals surface area contributed by atoms with E-state index < -0.39 is 120 Å². The first kappa shape index (κ1) is 60.7.